The van der Waals surface area contributed by atoms with Gasteiger partial charge in [0.2, 0.25) is 5.91 Å². The van der Waals surface area contributed by atoms with Gasteiger partial charge in [-0.2, -0.15) is 0 Å². The van der Waals surface area contributed by atoms with Crippen molar-refractivity contribution in [1.29, 1.82) is 0 Å². The minimum absolute atomic E-state index is 0.106. The van der Waals surface area contributed by atoms with Crippen molar-refractivity contribution >= 4 is 17.5 Å². The van der Waals surface area contributed by atoms with E-state index in [2.05, 4.69) is 0 Å². The lowest BCUT2D eigenvalue weighted by atomic mass is 9.95. The Morgan fingerprint density at radius 3 is 2.76 bits per heavy atom. The van der Waals surface area contributed by atoms with E-state index in [1.165, 1.54) is 0 Å². The summed E-state index contributed by atoms with van der Waals surface area (Å²) in [6.45, 7) is 0. The summed E-state index contributed by atoms with van der Waals surface area (Å²) in [7, 11) is 1.63. The first-order chi connectivity index (χ1) is 10.1. The molecule has 21 heavy (non-hydrogen) atoms. The molecule has 0 aromatic heterocycles. The van der Waals surface area contributed by atoms with Crippen molar-refractivity contribution in [3.8, 4) is 5.75 Å². The van der Waals surface area contributed by atoms with Crippen LogP contribution in [-0.4, -0.2) is 30.0 Å². The van der Waals surface area contributed by atoms with Crippen LogP contribution in [-0.2, 0) is 4.79 Å². The van der Waals surface area contributed by atoms with Gasteiger partial charge in [0.1, 0.15) is 5.75 Å². The highest BCUT2D eigenvalue weighted by atomic mass is 35.5. The van der Waals surface area contributed by atoms with Crippen LogP contribution in [0.3, 0.4) is 0 Å². The van der Waals surface area contributed by atoms with Crippen LogP contribution >= 0.6 is 11.6 Å². The molecule has 4 nitrogen and oxygen atoms in total. The van der Waals surface area contributed by atoms with E-state index in [0.717, 1.165) is 31.2 Å². The fraction of sp³-hybridized carbons (Fsp3) is 0.562. The van der Waals surface area contributed by atoms with E-state index in [0.29, 0.717) is 23.2 Å². The molecule has 1 saturated heterocycles. The first-order valence-electron chi connectivity index (χ1n) is 7.52. The van der Waals surface area contributed by atoms with Crippen molar-refractivity contribution in [2.75, 3.05) is 7.11 Å². The third-order valence-electron chi connectivity index (χ3n) is 4.39. The smallest absolute Gasteiger partial charge is 0.223 e. The van der Waals surface area contributed by atoms with Crippen LogP contribution < -0.4 is 10.5 Å². The summed E-state index contributed by atoms with van der Waals surface area (Å²) in [5, 5.41) is 0.621. The van der Waals surface area contributed by atoms with Gasteiger partial charge in [-0.1, -0.05) is 17.7 Å². The molecule has 0 spiro atoms. The second kappa shape index (κ2) is 5.85. The zero-order valence-corrected chi connectivity index (χ0v) is 13.0. The maximum atomic E-state index is 12.5. The van der Waals surface area contributed by atoms with Gasteiger partial charge >= 0.3 is 0 Å². The summed E-state index contributed by atoms with van der Waals surface area (Å²) in [5.74, 6) is 0.903. The van der Waals surface area contributed by atoms with Crippen LogP contribution in [0.5, 0.6) is 5.75 Å². The summed E-state index contributed by atoms with van der Waals surface area (Å²) in [6.07, 6.45) is 4.36. The van der Waals surface area contributed by atoms with E-state index in [1.807, 2.05) is 23.1 Å². The standard InChI is InChI=1S/C16H21ClN2O2/c1-21-13-6-2-4-11(17)15(13)16-12(18)5-3-7-14(20)19(16)10-8-9-10/h2,4,6,10,12,16H,3,5,7-9,18H2,1H3. The van der Waals surface area contributed by atoms with E-state index in [1.54, 1.807) is 7.11 Å². The predicted octanol–water partition coefficient (Wildman–Crippen LogP) is 2.89. The van der Waals surface area contributed by atoms with Gasteiger partial charge in [0, 0.05) is 29.1 Å². The molecule has 0 radical (unpaired) electrons. The van der Waals surface area contributed by atoms with Crippen molar-refractivity contribution in [2.45, 2.75) is 50.2 Å². The lowest BCUT2D eigenvalue weighted by Gasteiger charge is -2.35. The first kappa shape index (κ1) is 14.7. The molecule has 2 unspecified atom stereocenters. The predicted molar refractivity (Wildman–Crippen MR) is 82.4 cm³/mol. The Hall–Kier alpha value is -1.26. The van der Waals surface area contributed by atoms with E-state index < -0.39 is 0 Å². The van der Waals surface area contributed by atoms with Crippen molar-refractivity contribution < 1.29 is 9.53 Å². The van der Waals surface area contributed by atoms with Gasteiger partial charge in [0.15, 0.2) is 0 Å². The maximum Gasteiger partial charge on any atom is 0.223 e. The monoisotopic (exact) mass is 308 g/mol. The molecule has 1 heterocycles. The number of carbonyl (C=O) groups excluding carboxylic acids is 1. The quantitative estimate of drug-likeness (QED) is 0.934. The van der Waals surface area contributed by atoms with Gasteiger partial charge < -0.3 is 15.4 Å². The Morgan fingerprint density at radius 2 is 2.10 bits per heavy atom. The minimum atomic E-state index is -0.184. The third kappa shape index (κ3) is 2.74. The SMILES string of the molecule is COc1cccc(Cl)c1C1C(N)CCCC(=O)N1C1CC1. The molecular formula is C16H21ClN2O2. The molecule has 2 aliphatic rings. The number of carbonyl (C=O) groups is 1. The summed E-state index contributed by atoms with van der Waals surface area (Å²) in [4.78, 5) is 14.5. The highest BCUT2D eigenvalue weighted by Crippen LogP contribution is 2.44. The molecule has 1 aliphatic heterocycles. The summed E-state index contributed by atoms with van der Waals surface area (Å²) >= 11 is 6.42. The van der Waals surface area contributed by atoms with Gasteiger partial charge in [0.05, 0.1) is 13.2 Å². The number of ether oxygens (including phenoxy) is 1. The van der Waals surface area contributed by atoms with Gasteiger partial charge in [-0.15, -0.1) is 0 Å². The molecule has 1 amide bonds. The zero-order chi connectivity index (χ0) is 15.0. The molecular weight excluding hydrogens is 288 g/mol. The largest absolute Gasteiger partial charge is 0.496 e. The number of rotatable bonds is 3. The number of amides is 1. The number of benzene rings is 1. The van der Waals surface area contributed by atoms with Gasteiger partial charge in [-0.25, -0.2) is 0 Å². The van der Waals surface area contributed by atoms with E-state index >= 15 is 0 Å². The van der Waals surface area contributed by atoms with Crippen LogP contribution in [0.4, 0.5) is 0 Å². The minimum Gasteiger partial charge on any atom is -0.496 e. The Balaban J connectivity index is 2.09. The van der Waals surface area contributed by atoms with Gasteiger partial charge in [0.25, 0.3) is 0 Å². The van der Waals surface area contributed by atoms with Crippen molar-refractivity contribution in [3.63, 3.8) is 0 Å². The van der Waals surface area contributed by atoms with E-state index in [4.69, 9.17) is 22.1 Å². The Kier molecular flexibility index (Phi) is 4.09. The Bertz CT molecular complexity index is 545. The van der Waals surface area contributed by atoms with E-state index in [9.17, 15) is 4.79 Å². The van der Waals surface area contributed by atoms with Crippen LogP contribution in [0.1, 0.15) is 43.7 Å². The topological polar surface area (TPSA) is 55.6 Å². The number of nitrogens with zero attached hydrogens (tertiary/aromatic N) is 1. The van der Waals surface area contributed by atoms with Crippen LogP contribution in [0.25, 0.3) is 0 Å². The second-order valence-corrected chi connectivity index (χ2v) is 6.30. The molecule has 3 rings (SSSR count). The number of likely N-dealkylation sites (tertiary alicyclic amines) is 1. The number of methoxy groups -OCH3 is 1. The molecule has 0 bridgehead atoms. The summed E-state index contributed by atoms with van der Waals surface area (Å²) in [6, 6.07) is 5.60. The fourth-order valence-corrected chi connectivity index (χ4v) is 3.53. The van der Waals surface area contributed by atoms with E-state index in [-0.39, 0.29) is 18.0 Å². The zero-order valence-electron chi connectivity index (χ0n) is 12.2. The van der Waals surface area contributed by atoms with Crippen molar-refractivity contribution in [2.24, 2.45) is 5.73 Å². The number of hydrogen-bond acceptors (Lipinski definition) is 3. The molecule has 114 valence electrons. The van der Waals surface area contributed by atoms with Crippen molar-refractivity contribution in [1.82, 2.24) is 4.90 Å². The lowest BCUT2D eigenvalue weighted by Crippen LogP contribution is -2.43. The molecule has 1 aromatic rings. The van der Waals surface area contributed by atoms with Crippen LogP contribution in [0, 0.1) is 0 Å². The van der Waals surface area contributed by atoms with Crippen LogP contribution in [0.15, 0.2) is 18.2 Å². The molecule has 2 atom stereocenters. The molecule has 1 aliphatic carbocycles. The highest BCUT2D eigenvalue weighted by Gasteiger charge is 2.43. The number of hydrogen-bond donors (Lipinski definition) is 1. The number of halogens is 1. The number of nitrogens with two attached hydrogens (primary N) is 1. The molecule has 2 N–H and O–H groups in total. The first-order valence-corrected chi connectivity index (χ1v) is 7.90. The summed E-state index contributed by atoms with van der Waals surface area (Å²) < 4.78 is 5.47. The lowest BCUT2D eigenvalue weighted by molar-refractivity contribution is -0.133. The maximum absolute atomic E-state index is 12.5. The van der Waals surface area contributed by atoms with Crippen LogP contribution in [0.2, 0.25) is 5.02 Å². The van der Waals surface area contributed by atoms with Gasteiger partial charge in [-0.05, 0) is 37.8 Å². The average molecular weight is 309 g/mol. The molecule has 1 aromatic carbocycles. The highest BCUT2D eigenvalue weighted by molar-refractivity contribution is 6.31. The third-order valence-corrected chi connectivity index (χ3v) is 4.72. The Labute approximate surface area is 130 Å². The average Bonchev–Trinajstić information content (AvgIpc) is 3.28. The molecule has 1 saturated carbocycles. The summed E-state index contributed by atoms with van der Waals surface area (Å²) in [5.41, 5.74) is 7.27. The van der Waals surface area contributed by atoms with Gasteiger partial charge in [-0.3, -0.25) is 4.79 Å². The molecule has 2 fully saturated rings. The Morgan fingerprint density at radius 1 is 1.33 bits per heavy atom. The molecule has 5 heteroatoms. The van der Waals surface area contributed by atoms with Crippen molar-refractivity contribution in [3.05, 3.63) is 28.8 Å². The normalized spacial score (nSPS) is 26.6. The second-order valence-electron chi connectivity index (χ2n) is 5.89. The fourth-order valence-electron chi connectivity index (χ4n) is 3.26.